The lowest BCUT2D eigenvalue weighted by Gasteiger charge is -2.12. The first-order valence-electron chi connectivity index (χ1n) is 11.5. The van der Waals surface area contributed by atoms with Crippen LogP contribution in [0.25, 0.3) is 11.4 Å². The van der Waals surface area contributed by atoms with Crippen molar-refractivity contribution < 1.29 is 19.4 Å². The maximum atomic E-state index is 11.7. The van der Waals surface area contributed by atoms with Gasteiger partial charge in [0.15, 0.2) is 5.82 Å². The molecular weight excluding hydrogens is 392 g/mol. The van der Waals surface area contributed by atoms with E-state index in [2.05, 4.69) is 23.8 Å². The highest BCUT2D eigenvalue weighted by atomic mass is 16.5. The molecule has 0 aliphatic rings. The highest BCUT2D eigenvalue weighted by Crippen LogP contribution is 2.24. The van der Waals surface area contributed by atoms with Crippen LogP contribution in [0.4, 0.5) is 0 Å². The number of hydrogen-bond acceptors (Lipinski definition) is 5. The lowest BCUT2D eigenvalue weighted by Crippen LogP contribution is -2.12. The van der Waals surface area contributed by atoms with Gasteiger partial charge in [-0.05, 0) is 49.9 Å². The number of rotatable bonds is 16. The van der Waals surface area contributed by atoms with Crippen LogP contribution in [0, 0.1) is 0 Å². The van der Waals surface area contributed by atoms with Gasteiger partial charge in [-0.3, -0.25) is 4.79 Å². The molecule has 0 fully saturated rings. The van der Waals surface area contributed by atoms with Crippen molar-refractivity contribution >= 4 is 5.97 Å². The van der Waals surface area contributed by atoms with Crippen molar-refractivity contribution in [2.24, 2.45) is 0 Å². The second-order valence-corrected chi connectivity index (χ2v) is 7.77. The van der Waals surface area contributed by atoms with E-state index in [1.807, 2.05) is 24.3 Å². The number of nitrogens with zero attached hydrogens (tertiary/aromatic N) is 2. The zero-order valence-corrected chi connectivity index (χ0v) is 18.9. The van der Waals surface area contributed by atoms with Gasteiger partial charge in [-0.15, -0.1) is 0 Å². The number of ether oxygens (including phenoxy) is 2. The lowest BCUT2D eigenvalue weighted by atomic mass is 9.95. The fourth-order valence-electron chi connectivity index (χ4n) is 3.32. The molecule has 0 aliphatic heterocycles. The molecule has 1 N–H and O–H groups in total. The second kappa shape index (κ2) is 14.5. The summed E-state index contributed by atoms with van der Waals surface area (Å²) in [4.78, 5) is 20.5. The van der Waals surface area contributed by atoms with Crippen LogP contribution in [0.5, 0.6) is 5.75 Å². The molecule has 170 valence electrons. The smallest absolute Gasteiger partial charge is 0.311 e. The van der Waals surface area contributed by atoms with Crippen LogP contribution >= 0.6 is 0 Å². The van der Waals surface area contributed by atoms with Crippen molar-refractivity contribution in [2.75, 3.05) is 19.8 Å². The number of carboxylic acid groups (broad SMARTS) is 1. The van der Waals surface area contributed by atoms with E-state index >= 15 is 0 Å². The van der Waals surface area contributed by atoms with Gasteiger partial charge in [0.25, 0.3) is 0 Å². The predicted molar refractivity (Wildman–Crippen MR) is 122 cm³/mol. The Morgan fingerprint density at radius 1 is 0.903 bits per heavy atom. The standard InChI is InChI=1S/C25H36N2O4/c1-3-5-6-7-10-23(25(28)29)21-18-26-24(27-19-21)20-11-13-22(14-12-20)31-17-9-8-16-30-15-4-2/h11-14,18-19,23H,3-10,15-17H2,1-2H3,(H,28,29). The molecular formula is C25H36N2O4. The molecule has 0 aliphatic carbocycles. The molecule has 31 heavy (non-hydrogen) atoms. The van der Waals surface area contributed by atoms with E-state index in [1.165, 1.54) is 0 Å². The van der Waals surface area contributed by atoms with E-state index in [0.29, 0.717) is 24.4 Å². The summed E-state index contributed by atoms with van der Waals surface area (Å²) in [5, 5.41) is 9.57. The summed E-state index contributed by atoms with van der Waals surface area (Å²) in [6.45, 7) is 6.51. The summed E-state index contributed by atoms with van der Waals surface area (Å²) in [7, 11) is 0. The number of aliphatic carboxylic acids is 1. The molecule has 1 aromatic heterocycles. The Kier molecular flexibility index (Phi) is 11.6. The molecule has 1 aromatic carbocycles. The van der Waals surface area contributed by atoms with Gasteiger partial charge in [-0.25, -0.2) is 9.97 Å². The molecule has 1 atom stereocenters. The fourth-order valence-corrected chi connectivity index (χ4v) is 3.32. The minimum atomic E-state index is -0.814. The molecule has 1 unspecified atom stereocenters. The van der Waals surface area contributed by atoms with Crippen molar-refractivity contribution in [2.45, 2.75) is 71.1 Å². The van der Waals surface area contributed by atoms with E-state index in [-0.39, 0.29) is 0 Å². The summed E-state index contributed by atoms with van der Waals surface area (Å²) >= 11 is 0. The first-order chi connectivity index (χ1) is 15.2. The largest absolute Gasteiger partial charge is 0.494 e. The van der Waals surface area contributed by atoms with Gasteiger partial charge in [0.05, 0.1) is 12.5 Å². The van der Waals surface area contributed by atoms with Gasteiger partial charge in [0, 0.05) is 36.7 Å². The van der Waals surface area contributed by atoms with Crippen LogP contribution in [0.1, 0.15) is 76.7 Å². The predicted octanol–water partition coefficient (Wildman–Crippen LogP) is 5.87. The van der Waals surface area contributed by atoms with Crippen molar-refractivity contribution in [3.05, 3.63) is 42.2 Å². The number of carboxylic acids is 1. The Morgan fingerprint density at radius 2 is 1.61 bits per heavy atom. The van der Waals surface area contributed by atoms with Gasteiger partial charge in [-0.2, -0.15) is 0 Å². The molecule has 0 saturated heterocycles. The van der Waals surface area contributed by atoms with Crippen LogP contribution < -0.4 is 4.74 Å². The summed E-state index contributed by atoms with van der Waals surface area (Å²) in [5.41, 5.74) is 1.54. The monoisotopic (exact) mass is 428 g/mol. The van der Waals surface area contributed by atoms with Crippen LogP contribution in [0.2, 0.25) is 0 Å². The first-order valence-corrected chi connectivity index (χ1v) is 11.5. The summed E-state index contributed by atoms with van der Waals surface area (Å²) < 4.78 is 11.2. The lowest BCUT2D eigenvalue weighted by molar-refractivity contribution is -0.139. The third kappa shape index (κ3) is 9.05. The topological polar surface area (TPSA) is 81.5 Å². The SMILES string of the molecule is CCCCCCC(C(=O)O)c1cnc(-c2ccc(OCCCCOCCC)cc2)nc1. The molecule has 1 heterocycles. The van der Waals surface area contributed by atoms with E-state index in [9.17, 15) is 9.90 Å². The van der Waals surface area contributed by atoms with Gasteiger partial charge in [0.2, 0.25) is 0 Å². The Balaban J connectivity index is 1.85. The summed E-state index contributed by atoms with van der Waals surface area (Å²) in [6, 6.07) is 7.67. The van der Waals surface area contributed by atoms with E-state index < -0.39 is 11.9 Å². The Morgan fingerprint density at radius 3 is 2.26 bits per heavy atom. The summed E-state index contributed by atoms with van der Waals surface area (Å²) in [5.74, 6) is 0.0340. The number of unbranched alkanes of at least 4 members (excludes halogenated alkanes) is 4. The Labute approximate surface area is 186 Å². The van der Waals surface area contributed by atoms with Crippen LogP contribution in [-0.4, -0.2) is 40.9 Å². The Bertz CT molecular complexity index is 747. The molecule has 0 radical (unpaired) electrons. The van der Waals surface area contributed by atoms with Crippen LogP contribution in [0.3, 0.4) is 0 Å². The molecule has 0 spiro atoms. The summed E-state index contributed by atoms with van der Waals surface area (Å²) in [6.07, 6.45) is 11.1. The number of carbonyl (C=O) groups is 1. The highest BCUT2D eigenvalue weighted by Gasteiger charge is 2.20. The average Bonchev–Trinajstić information content (AvgIpc) is 2.79. The van der Waals surface area contributed by atoms with Gasteiger partial charge in [-0.1, -0.05) is 39.5 Å². The Hall–Kier alpha value is -2.47. The minimum absolute atomic E-state index is 0.547. The number of hydrogen-bond donors (Lipinski definition) is 1. The third-order valence-electron chi connectivity index (χ3n) is 5.13. The minimum Gasteiger partial charge on any atom is -0.494 e. The highest BCUT2D eigenvalue weighted by molar-refractivity contribution is 5.75. The quantitative estimate of drug-likeness (QED) is 0.337. The van der Waals surface area contributed by atoms with Crippen molar-refractivity contribution in [1.82, 2.24) is 9.97 Å². The number of aromatic nitrogens is 2. The third-order valence-corrected chi connectivity index (χ3v) is 5.13. The van der Waals surface area contributed by atoms with Gasteiger partial charge < -0.3 is 14.6 Å². The normalized spacial score (nSPS) is 11.9. The average molecular weight is 429 g/mol. The number of benzene rings is 1. The molecule has 6 nitrogen and oxygen atoms in total. The zero-order chi connectivity index (χ0) is 22.3. The zero-order valence-electron chi connectivity index (χ0n) is 18.9. The maximum Gasteiger partial charge on any atom is 0.311 e. The van der Waals surface area contributed by atoms with E-state index in [1.54, 1.807) is 12.4 Å². The maximum absolute atomic E-state index is 11.7. The van der Waals surface area contributed by atoms with Crippen LogP contribution in [-0.2, 0) is 9.53 Å². The molecule has 0 amide bonds. The van der Waals surface area contributed by atoms with E-state index in [4.69, 9.17) is 9.47 Å². The fraction of sp³-hybridized carbons (Fsp3) is 0.560. The van der Waals surface area contributed by atoms with Gasteiger partial charge in [0.1, 0.15) is 5.75 Å². The molecule has 0 bridgehead atoms. The molecule has 0 saturated carbocycles. The molecule has 6 heteroatoms. The molecule has 2 rings (SSSR count). The van der Waals surface area contributed by atoms with Crippen molar-refractivity contribution in [3.8, 4) is 17.1 Å². The van der Waals surface area contributed by atoms with Crippen molar-refractivity contribution in [3.63, 3.8) is 0 Å². The van der Waals surface area contributed by atoms with Crippen molar-refractivity contribution in [1.29, 1.82) is 0 Å². The first kappa shape index (κ1) is 24.8. The van der Waals surface area contributed by atoms with Crippen LogP contribution in [0.15, 0.2) is 36.7 Å². The second-order valence-electron chi connectivity index (χ2n) is 7.77. The van der Waals surface area contributed by atoms with E-state index in [0.717, 1.165) is 69.5 Å². The van der Waals surface area contributed by atoms with Gasteiger partial charge >= 0.3 is 5.97 Å². The molecule has 2 aromatic rings.